The molecule has 0 radical (unpaired) electrons. The van der Waals surface area contributed by atoms with E-state index in [1.807, 2.05) is 9.36 Å². The van der Waals surface area contributed by atoms with Crippen LogP contribution < -0.4 is 0 Å². The smallest absolute Gasteiger partial charge is 0.173 e. The molecular weight excluding hydrogens is 589 g/mol. The molecule has 1 aliphatic rings. The van der Waals surface area contributed by atoms with Crippen molar-refractivity contribution in [2.75, 3.05) is 26.2 Å². The largest absolute Gasteiger partial charge is 0.287 e. The lowest BCUT2D eigenvalue weighted by atomic mass is 9.99. The molecule has 1 saturated heterocycles. The second kappa shape index (κ2) is 12.9. The van der Waals surface area contributed by atoms with Crippen molar-refractivity contribution in [1.82, 2.24) is 50.2 Å². The maximum Gasteiger partial charge on any atom is 0.173 e. The summed E-state index contributed by atoms with van der Waals surface area (Å²) in [6.45, 7) is 8.94. The Labute approximate surface area is 264 Å². The van der Waals surface area contributed by atoms with Gasteiger partial charge in [0.1, 0.15) is 0 Å². The van der Waals surface area contributed by atoms with E-state index in [0.29, 0.717) is 13.1 Å². The van der Waals surface area contributed by atoms with Crippen LogP contribution in [0.1, 0.15) is 55.7 Å². The van der Waals surface area contributed by atoms with E-state index in [4.69, 9.17) is 0 Å². The number of hydrogen-bond donors (Lipinski definition) is 0. The van der Waals surface area contributed by atoms with Gasteiger partial charge in [-0.25, -0.2) is 9.36 Å². The van der Waals surface area contributed by atoms with Crippen molar-refractivity contribution < 1.29 is 0 Å². The number of aromatic nitrogens is 8. The highest BCUT2D eigenvalue weighted by molar-refractivity contribution is 7.10. The van der Waals surface area contributed by atoms with Crippen molar-refractivity contribution in [1.29, 1.82) is 0 Å². The standard InChI is InChI=1S/C32H34N10S2/c1-23-7-11-25(12-8-23)29(31-33-35-37-41(31)21-27-5-3-19-43-27)39-15-17-40(18-16-39)30(26-13-9-24(2)10-14-26)32-34-36-38-42(32)22-28-6-4-20-44-28/h3-14,19-20,29-30H,15-18,21-22H2,1-2H3/t29-,30-/m1/s1. The molecule has 10 nitrogen and oxygen atoms in total. The summed E-state index contributed by atoms with van der Waals surface area (Å²) >= 11 is 3.45. The molecule has 0 amide bonds. The molecule has 0 spiro atoms. The van der Waals surface area contributed by atoms with Crippen LogP contribution in [0.25, 0.3) is 0 Å². The van der Waals surface area contributed by atoms with Crippen LogP contribution in [-0.4, -0.2) is 76.4 Å². The lowest BCUT2D eigenvalue weighted by Crippen LogP contribution is -2.50. The minimum absolute atomic E-state index is 0.0605. The molecule has 0 bridgehead atoms. The monoisotopic (exact) mass is 622 g/mol. The number of hydrogen-bond acceptors (Lipinski definition) is 10. The van der Waals surface area contributed by atoms with Crippen LogP contribution in [-0.2, 0) is 13.1 Å². The summed E-state index contributed by atoms with van der Waals surface area (Å²) in [6, 6.07) is 25.8. The zero-order valence-corrected chi connectivity index (χ0v) is 26.4. The third kappa shape index (κ3) is 6.11. The number of tetrazole rings is 2. The molecule has 7 rings (SSSR count). The van der Waals surface area contributed by atoms with Crippen LogP contribution in [0.4, 0.5) is 0 Å². The Bertz CT molecular complexity index is 1620. The van der Waals surface area contributed by atoms with Crippen molar-refractivity contribution in [3.8, 4) is 0 Å². The highest BCUT2D eigenvalue weighted by Gasteiger charge is 2.35. The first-order valence-corrected chi connectivity index (χ1v) is 16.6. The highest BCUT2D eigenvalue weighted by atomic mass is 32.1. The molecule has 4 aromatic heterocycles. The molecule has 0 aliphatic carbocycles. The second-order valence-corrected chi connectivity index (χ2v) is 13.3. The van der Waals surface area contributed by atoms with Crippen molar-refractivity contribution >= 4 is 22.7 Å². The van der Waals surface area contributed by atoms with Crippen LogP contribution in [0, 0.1) is 13.8 Å². The minimum Gasteiger partial charge on any atom is -0.287 e. The van der Waals surface area contributed by atoms with Crippen LogP contribution in [0.2, 0.25) is 0 Å². The Balaban J connectivity index is 1.18. The molecule has 0 N–H and O–H groups in total. The van der Waals surface area contributed by atoms with Gasteiger partial charge in [0.25, 0.3) is 0 Å². The predicted molar refractivity (Wildman–Crippen MR) is 172 cm³/mol. The number of aryl methyl sites for hydroxylation is 2. The SMILES string of the molecule is Cc1ccc([C@H](c2nnnn2Cc2cccs2)N2CCN([C@H](c3ccc(C)cc3)c3nnnn3Cc3cccs3)CC2)cc1. The summed E-state index contributed by atoms with van der Waals surface area (Å²) in [7, 11) is 0. The fourth-order valence-corrected chi connectivity index (χ4v) is 7.31. The molecule has 0 unspecified atom stereocenters. The van der Waals surface area contributed by atoms with Gasteiger partial charge in [0.2, 0.25) is 0 Å². The van der Waals surface area contributed by atoms with Gasteiger partial charge >= 0.3 is 0 Å². The van der Waals surface area contributed by atoms with Gasteiger partial charge in [-0.15, -0.1) is 32.9 Å². The van der Waals surface area contributed by atoms with E-state index < -0.39 is 0 Å². The molecule has 6 aromatic rings. The highest BCUT2D eigenvalue weighted by Crippen LogP contribution is 2.33. The Morgan fingerprint density at radius 1 is 0.591 bits per heavy atom. The number of nitrogens with zero attached hydrogens (tertiary/aromatic N) is 10. The summed E-state index contributed by atoms with van der Waals surface area (Å²) in [5, 5.41) is 30.5. The van der Waals surface area contributed by atoms with E-state index >= 15 is 0 Å². The second-order valence-electron chi connectivity index (χ2n) is 11.2. The van der Waals surface area contributed by atoms with Gasteiger partial charge in [-0.3, -0.25) is 9.80 Å². The van der Waals surface area contributed by atoms with E-state index in [9.17, 15) is 0 Å². The third-order valence-electron chi connectivity index (χ3n) is 8.25. The molecule has 12 heteroatoms. The molecule has 2 atom stereocenters. The van der Waals surface area contributed by atoms with Gasteiger partial charge in [0.15, 0.2) is 11.6 Å². The number of piperazine rings is 1. The molecule has 1 fully saturated rings. The zero-order chi connectivity index (χ0) is 29.9. The number of thiophene rings is 2. The summed E-state index contributed by atoms with van der Waals surface area (Å²) in [5.41, 5.74) is 4.86. The molecule has 0 saturated carbocycles. The van der Waals surface area contributed by atoms with Gasteiger partial charge < -0.3 is 0 Å². The number of rotatable bonds is 10. The normalized spacial score (nSPS) is 15.9. The van der Waals surface area contributed by atoms with Gasteiger partial charge in [-0.05, 0) is 68.7 Å². The molecule has 2 aromatic carbocycles. The molecule has 1 aliphatic heterocycles. The average Bonchev–Trinajstić information content (AvgIpc) is 3.88. The first-order chi connectivity index (χ1) is 21.6. The lowest BCUT2D eigenvalue weighted by Gasteiger charge is -2.41. The van der Waals surface area contributed by atoms with Gasteiger partial charge in [0.05, 0.1) is 25.2 Å². The Morgan fingerprint density at radius 3 is 1.36 bits per heavy atom. The summed E-state index contributed by atoms with van der Waals surface area (Å²) in [5.74, 6) is 1.73. The zero-order valence-electron chi connectivity index (χ0n) is 24.8. The molecular formula is C32H34N10S2. The van der Waals surface area contributed by atoms with E-state index in [1.165, 1.54) is 32.0 Å². The lowest BCUT2D eigenvalue weighted by molar-refractivity contribution is 0.0826. The molecule has 44 heavy (non-hydrogen) atoms. The molecule has 224 valence electrons. The van der Waals surface area contributed by atoms with Crippen molar-refractivity contribution in [2.45, 2.75) is 39.0 Å². The quantitative estimate of drug-likeness (QED) is 0.211. The third-order valence-corrected chi connectivity index (χ3v) is 9.97. The van der Waals surface area contributed by atoms with Crippen molar-refractivity contribution in [3.63, 3.8) is 0 Å². The van der Waals surface area contributed by atoms with Crippen molar-refractivity contribution in [3.05, 3.63) is 127 Å². The van der Waals surface area contributed by atoms with Gasteiger partial charge in [-0.2, -0.15) is 0 Å². The Morgan fingerprint density at radius 2 is 1.00 bits per heavy atom. The molecule has 5 heterocycles. The first kappa shape index (κ1) is 28.7. The van der Waals surface area contributed by atoms with Crippen LogP contribution in [0.3, 0.4) is 0 Å². The van der Waals surface area contributed by atoms with Gasteiger partial charge in [-0.1, -0.05) is 71.8 Å². The van der Waals surface area contributed by atoms with E-state index in [2.05, 4.69) is 138 Å². The Hall–Kier alpha value is -4.10. The summed E-state index contributed by atoms with van der Waals surface area (Å²) in [4.78, 5) is 7.48. The summed E-state index contributed by atoms with van der Waals surface area (Å²) < 4.78 is 3.91. The fourth-order valence-electron chi connectivity index (χ4n) is 5.94. The first-order valence-electron chi connectivity index (χ1n) is 14.8. The summed E-state index contributed by atoms with van der Waals surface area (Å²) in [6.07, 6.45) is 0. The van der Waals surface area contributed by atoms with E-state index in [-0.39, 0.29) is 12.1 Å². The van der Waals surface area contributed by atoms with Gasteiger partial charge in [0, 0.05) is 35.9 Å². The number of benzene rings is 2. The predicted octanol–water partition coefficient (Wildman–Crippen LogP) is 4.99. The fraction of sp³-hybridized carbons (Fsp3) is 0.312. The van der Waals surface area contributed by atoms with Crippen molar-refractivity contribution in [2.24, 2.45) is 0 Å². The maximum absolute atomic E-state index is 4.59. The topological polar surface area (TPSA) is 93.7 Å². The van der Waals surface area contributed by atoms with Crippen LogP contribution >= 0.6 is 22.7 Å². The average molecular weight is 623 g/mol. The van der Waals surface area contributed by atoms with E-state index in [1.54, 1.807) is 22.7 Å². The van der Waals surface area contributed by atoms with E-state index in [0.717, 1.165) is 37.8 Å². The van der Waals surface area contributed by atoms with Crippen LogP contribution in [0.5, 0.6) is 0 Å². The van der Waals surface area contributed by atoms with Crippen LogP contribution in [0.15, 0.2) is 83.6 Å². The maximum atomic E-state index is 4.59. The minimum atomic E-state index is -0.0605. The Kier molecular flexibility index (Phi) is 8.38.